The largest absolute Gasteiger partial charge is 0.507 e. The molecule has 8 heteroatoms. The van der Waals surface area contributed by atoms with Gasteiger partial charge in [-0.15, -0.1) is 11.3 Å². The second-order valence-corrected chi connectivity index (χ2v) is 7.95. The van der Waals surface area contributed by atoms with E-state index in [1.165, 1.54) is 23.6 Å². The Morgan fingerprint density at radius 3 is 2.66 bits per heavy atom. The molecule has 154 valence electrons. The van der Waals surface area contributed by atoms with Crippen molar-refractivity contribution in [1.82, 2.24) is 5.32 Å². The van der Waals surface area contributed by atoms with Crippen LogP contribution in [0.15, 0.2) is 45.3 Å². The third-order valence-electron chi connectivity index (χ3n) is 4.23. The highest BCUT2D eigenvalue weighted by Crippen LogP contribution is 2.26. The molecule has 0 radical (unpaired) electrons. The van der Waals surface area contributed by atoms with E-state index in [4.69, 9.17) is 9.52 Å². The molecule has 0 saturated heterocycles. The third kappa shape index (κ3) is 6.18. The fourth-order valence-corrected chi connectivity index (χ4v) is 3.54. The number of rotatable bonds is 8. The number of amides is 1. The number of aryl methyl sites for hydroxylation is 1. The van der Waals surface area contributed by atoms with Crippen molar-refractivity contribution in [1.29, 1.82) is 0 Å². The Morgan fingerprint density at radius 1 is 1.34 bits per heavy atom. The number of carboxylic acid groups (broad SMARTS) is 1. The first-order valence-corrected chi connectivity index (χ1v) is 9.81. The zero-order valence-corrected chi connectivity index (χ0v) is 17.2. The average molecular weight is 417 g/mol. The fourth-order valence-electron chi connectivity index (χ4n) is 2.66. The highest BCUT2D eigenvalue weighted by atomic mass is 32.1. The number of thiophene rings is 1. The number of nitrogens with one attached hydrogen (secondary N) is 1. The summed E-state index contributed by atoms with van der Waals surface area (Å²) in [5.74, 6) is -0.937. The van der Waals surface area contributed by atoms with Gasteiger partial charge in [0.2, 0.25) is 0 Å². The van der Waals surface area contributed by atoms with Crippen LogP contribution in [0.3, 0.4) is 0 Å². The van der Waals surface area contributed by atoms with Crippen LogP contribution in [0.2, 0.25) is 0 Å². The maximum atomic E-state index is 12.6. The van der Waals surface area contributed by atoms with Gasteiger partial charge in [0.15, 0.2) is 5.78 Å². The molecule has 0 bridgehead atoms. The van der Waals surface area contributed by atoms with E-state index in [-0.39, 0.29) is 17.2 Å². The molecule has 0 spiro atoms. The molecular weight excluding hydrogens is 394 g/mol. The van der Waals surface area contributed by atoms with Crippen molar-refractivity contribution in [3.05, 3.63) is 67.5 Å². The number of carbonyl (C=O) groups is 2. The molecule has 29 heavy (non-hydrogen) atoms. The van der Waals surface area contributed by atoms with Crippen LogP contribution in [0.1, 0.15) is 58.5 Å². The van der Waals surface area contributed by atoms with Crippen molar-refractivity contribution in [2.75, 3.05) is 0 Å². The first-order valence-electron chi connectivity index (χ1n) is 9.00. The SMILES string of the molecule is C/C(=C\c1ccc(C)s1)C(=O)c1c(O)cc(C(C)CC/C=C/NC(=O)O)oc1=O. The van der Waals surface area contributed by atoms with Crippen molar-refractivity contribution in [2.24, 2.45) is 0 Å². The number of carbonyl (C=O) groups excluding carboxylic acids is 1. The van der Waals surface area contributed by atoms with E-state index in [1.807, 2.05) is 26.0 Å². The van der Waals surface area contributed by atoms with Crippen molar-refractivity contribution in [2.45, 2.75) is 39.5 Å². The molecule has 2 rings (SSSR count). The summed E-state index contributed by atoms with van der Waals surface area (Å²) in [6, 6.07) is 5.11. The van der Waals surface area contributed by atoms with E-state index in [9.17, 15) is 19.5 Å². The van der Waals surface area contributed by atoms with Crippen molar-refractivity contribution in [3.63, 3.8) is 0 Å². The van der Waals surface area contributed by atoms with Crippen molar-refractivity contribution >= 4 is 29.3 Å². The molecule has 0 aliphatic carbocycles. The Hall–Kier alpha value is -3.13. The highest BCUT2D eigenvalue weighted by Gasteiger charge is 2.22. The van der Waals surface area contributed by atoms with Gasteiger partial charge in [0.25, 0.3) is 0 Å². The second kappa shape index (κ2) is 9.88. The van der Waals surface area contributed by atoms with Gasteiger partial charge < -0.3 is 14.6 Å². The number of aromatic hydroxyl groups is 1. The van der Waals surface area contributed by atoms with Crippen LogP contribution in [0.5, 0.6) is 5.75 Å². The maximum absolute atomic E-state index is 12.6. The van der Waals surface area contributed by atoms with Crippen LogP contribution < -0.4 is 10.9 Å². The van der Waals surface area contributed by atoms with Crippen LogP contribution >= 0.6 is 11.3 Å². The second-order valence-electron chi connectivity index (χ2n) is 6.63. The lowest BCUT2D eigenvalue weighted by Gasteiger charge is -2.11. The van der Waals surface area contributed by atoms with Gasteiger partial charge >= 0.3 is 11.7 Å². The van der Waals surface area contributed by atoms with Crippen LogP contribution in [0, 0.1) is 6.92 Å². The molecule has 0 aliphatic heterocycles. The van der Waals surface area contributed by atoms with Gasteiger partial charge in [-0.1, -0.05) is 13.0 Å². The summed E-state index contributed by atoms with van der Waals surface area (Å²) in [4.78, 5) is 37.3. The Bertz CT molecular complexity index is 1010. The summed E-state index contributed by atoms with van der Waals surface area (Å²) >= 11 is 1.52. The maximum Gasteiger partial charge on any atom is 0.408 e. The van der Waals surface area contributed by atoms with Gasteiger partial charge in [0.05, 0.1) is 0 Å². The minimum Gasteiger partial charge on any atom is -0.507 e. The highest BCUT2D eigenvalue weighted by molar-refractivity contribution is 7.12. The lowest BCUT2D eigenvalue weighted by atomic mass is 10.00. The molecule has 2 heterocycles. The Balaban J connectivity index is 2.15. The molecule has 0 aliphatic rings. The topological polar surface area (TPSA) is 117 Å². The van der Waals surface area contributed by atoms with E-state index in [0.717, 1.165) is 9.75 Å². The average Bonchev–Trinajstić information content (AvgIpc) is 3.04. The molecule has 1 amide bonds. The molecule has 1 unspecified atom stereocenters. The van der Waals surface area contributed by atoms with Gasteiger partial charge in [-0.05, 0) is 50.5 Å². The van der Waals surface area contributed by atoms with Gasteiger partial charge in [-0.25, -0.2) is 9.59 Å². The van der Waals surface area contributed by atoms with Crippen molar-refractivity contribution in [3.8, 4) is 5.75 Å². The molecule has 0 aromatic carbocycles. The van der Waals surface area contributed by atoms with Crippen LogP contribution in [0.4, 0.5) is 4.79 Å². The quantitative estimate of drug-likeness (QED) is 0.425. The predicted molar refractivity (Wildman–Crippen MR) is 112 cm³/mol. The molecular formula is C21H23NO6S. The minimum absolute atomic E-state index is 0.210. The van der Waals surface area contributed by atoms with Crippen LogP contribution in [-0.4, -0.2) is 22.1 Å². The smallest absolute Gasteiger partial charge is 0.408 e. The Labute approximate surface area is 172 Å². The summed E-state index contributed by atoms with van der Waals surface area (Å²) in [5, 5.41) is 20.9. The zero-order chi connectivity index (χ0) is 21.6. The van der Waals surface area contributed by atoms with E-state index in [2.05, 4.69) is 5.32 Å². The number of allylic oxidation sites excluding steroid dienone is 2. The van der Waals surface area contributed by atoms with E-state index in [1.54, 1.807) is 19.1 Å². The lowest BCUT2D eigenvalue weighted by molar-refractivity contribution is 0.102. The van der Waals surface area contributed by atoms with Gasteiger partial charge in [0, 0.05) is 27.9 Å². The zero-order valence-electron chi connectivity index (χ0n) is 16.4. The van der Waals surface area contributed by atoms with Gasteiger partial charge in [0.1, 0.15) is 17.1 Å². The molecule has 2 aromatic heterocycles. The fraction of sp³-hybridized carbons (Fsp3) is 0.286. The molecule has 7 nitrogen and oxygen atoms in total. The van der Waals surface area contributed by atoms with Crippen LogP contribution in [-0.2, 0) is 0 Å². The summed E-state index contributed by atoms with van der Waals surface area (Å²) in [6.07, 6.45) is 4.57. The number of hydrogen-bond acceptors (Lipinski definition) is 6. The molecule has 1 atom stereocenters. The standard InChI is InChI=1S/C21H23NO6S/c1-12(6-4-5-9-22-21(26)27)17-11-16(23)18(20(25)28-17)19(24)13(2)10-15-8-7-14(3)29-15/h5,7-12,22-23H,4,6H2,1-3H3,(H,26,27)/b9-5+,13-10+. The van der Waals surface area contributed by atoms with Gasteiger partial charge in [-0.2, -0.15) is 0 Å². The molecule has 0 fully saturated rings. The summed E-state index contributed by atoms with van der Waals surface area (Å²) in [7, 11) is 0. The summed E-state index contributed by atoms with van der Waals surface area (Å²) in [6.45, 7) is 5.35. The monoisotopic (exact) mass is 417 g/mol. The number of ketones is 1. The van der Waals surface area contributed by atoms with E-state index in [0.29, 0.717) is 18.4 Å². The first-order chi connectivity index (χ1) is 13.7. The molecule has 3 N–H and O–H groups in total. The predicted octanol–water partition coefficient (Wildman–Crippen LogP) is 4.67. The first kappa shape index (κ1) is 22.2. The molecule has 0 saturated carbocycles. The minimum atomic E-state index is -1.15. The normalized spacial score (nSPS) is 12.9. The number of hydrogen-bond donors (Lipinski definition) is 3. The van der Waals surface area contributed by atoms with Gasteiger partial charge in [-0.3, -0.25) is 10.1 Å². The Morgan fingerprint density at radius 2 is 2.07 bits per heavy atom. The van der Waals surface area contributed by atoms with E-state index >= 15 is 0 Å². The van der Waals surface area contributed by atoms with E-state index < -0.39 is 23.3 Å². The lowest BCUT2D eigenvalue weighted by Crippen LogP contribution is -2.16. The van der Waals surface area contributed by atoms with Crippen LogP contribution in [0.25, 0.3) is 6.08 Å². The Kier molecular flexibility index (Phi) is 7.55. The summed E-state index contributed by atoms with van der Waals surface area (Å²) < 4.78 is 5.28. The van der Waals surface area contributed by atoms with Crippen molar-refractivity contribution < 1.29 is 24.2 Å². The number of Topliss-reactive ketones (excluding diaryl/α,β-unsaturated/α-hetero) is 1. The third-order valence-corrected chi connectivity index (χ3v) is 5.18. The summed E-state index contributed by atoms with van der Waals surface area (Å²) in [5.41, 5.74) is -0.935. The molecule has 2 aromatic rings.